The molecule has 1 saturated carbocycles. The smallest absolute Gasteiger partial charge is 0.140 e. The number of hydrogen-bond acceptors (Lipinski definition) is 2. The summed E-state index contributed by atoms with van der Waals surface area (Å²) in [5.74, 6) is 2.25. The van der Waals surface area contributed by atoms with Crippen LogP contribution in [0.25, 0.3) is 0 Å². The van der Waals surface area contributed by atoms with Crippen molar-refractivity contribution in [3.63, 3.8) is 0 Å². The third-order valence-electron chi connectivity index (χ3n) is 5.99. The van der Waals surface area contributed by atoms with Crippen molar-refractivity contribution >= 4 is 5.78 Å². The molecular formula is C15H20O2. The summed E-state index contributed by atoms with van der Waals surface area (Å²) in [6.45, 7) is 8.83. The van der Waals surface area contributed by atoms with Crippen LogP contribution in [-0.4, -0.2) is 5.78 Å². The molecule has 0 bridgehead atoms. The standard InChI is InChI=1S/C15H20O2/c1-9-7-13(16)15(4)10(2)11-5-6-17-12(11)8-14(9,15)3/h5-6,9-10H,7-8H2,1-4H3/t9-,10-,14+,15-/m1/s1. The molecule has 1 aromatic heterocycles. The second-order valence-electron chi connectivity index (χ2n) is 6.35. The fourth-order valence-electron chi connectivity index (χ4n) is 4.16. The molecule has 92 valence electrons. The van der Waals surface area contributed by atoms with Crippen molar-refractivity contribution in [1.82, 2.24) is 0 Å². The van der Waals surface area contributed by atoms with E-state index in [1.165, 1.54) is 5.56 Å². The number of hydrogen-bond donors (Lipinski definition) is 0. The molecule has 0 aliphatic heterocycles. The van der Waals surface area contributed by atoms with Crippen molar-refractivity contribution in [3.05, 3.63) is 23.7 Å². The number of Topliss-reactive ketones (excluding diaryl/α,β-unsaturated/α-hetero) is 1. The molecule has 1 fully saturated rings. The minimum absolute atomic E-state index is 0.0500. The summed E-state index contributed by atoms with van der Waals surface area (Å²) in [4.78, 5) is 12.5. The molecule has 0 unspecified atom stereocenters. The zero-order valence-electron chi connectivity index (χ0n) is 11.0. The van der Waals surface area contributed by atoms with Crippen LogP contribution in [0.4, 0.5) is 0 Å². The largest absolute Gasteiger partial charge is 0.469 e. The Morgan fingerprint density at radius 1 is 1.35 bits per heavy atom. The first-order valence-corrected chi connectivity index (χ1v) is 6.51. The van der Waals surface area contributed by atoms with Crippen LogP contribution in [0.5, 0.6) is 0 Å². The van der Waals surface area contributed by atoms with Gasteiger partial charge in [-0.3, -0.25) is 4.79 Å². The molecule has 3 rings (SSSR count). The van der Waals surface area contributed by atoms with E-state index in [-0.39, 0.29) is 16.7 Å². The van der Waals surface area contributed by atoms with E-state index < -0.39 is 0 Å². The van der Waals surface area contributed by atoms with Crippen molar-refractivity contribution in [1.29, 1.82) is 0 Å². The Morgan fingerprint density at radius 3 is 2.76 bits per heavy atom. The van der Waals surface area contributed by atoms with Gasteiger partial charge in [-0.2, -0.15) is 0 Å². The number of carbonyl (C=O) groups excluding carboxylic acids is 1. The summed E-state index contributed by atoms with van der Waals surface area (Å²) in [6.07, 6.45) is 3.40. The summed E-state index contributed by atoms with van der Waals surface area (Å²) in [5, 5.41) is 0. The van der Waals surface area contributed by atoms with E-state index in [2.05, 4.69) is 27.7 Å². The van der Waals surface area contributed by atoms with Gasteiger partial charge in [0.2, 0.25) is 0 Å². The Bertz CT molecular complexity index is 487. The molecule has 0 amide bonds. The van der Waals surface area contributed by atoms with E-state index in [4.69, 9.17) is 4.42 Å². The van der Waals surface area contributed by atoms with Crippen molar-refractivity contribution in [2.24, 2.45) is 16.7 Å². The quantitative estimate of drug-likeness (QED) is 0.684. The van der Waals surface area contributed by atoms with Gasteiger partial charge in [0.05, 0.1) is 6.26 Å². The molecule has 1 heterocycles. The molecule has 0 spiro atoms. The first-order valence-electron chi connectivity index (χ1n) is 6.51. The fraction of sp³-hybridized carbons (Fsp3) is 0.667. The van der Waals surface area contributed by atoms with E-state index in [1.807, 2.05) is 6.07 Å². The lowest BCUT2D eigenvalue weighted by molar-refractivity contribution is -0.131. The lowest BCUT2D eigenvalue weighted by atomic mass is 9.53. The van der Waals surface area contributed by atoms with Gasteiger partial charge >= 0.3 is 0 Å². The van der Waals surface area contributed by atoms with Gasteiger partial charge in [0.25, 0.3) is 0 Å². The maximum Gasteiger partial charge on any atom is 0.140 e. The maximum atomic E-state index is 12.5. The summed E-state index contributed by atoms with van der Waals surface area (Å²) in [5.41, 5.74) is 1.07. The predicted molar refractivity (Wildman–Crippen MR) is 65.8 cm³/mol. The summed E-state index contributed by atoms with van der Waals surface area (Å²) >= 11 is 0. The van der Waals surface area contributed by atoms with Crippen LogP contribution in [0.3, 0.4) is 0 Å². The molecule has 0 aromatic carbocycles. The lowest BCUT2D eigenvalue weighted by Gasteiger charge is -2.49. The Hall–Kier alpha value is -1.05. The van der Waals surface area contributed by atoms with Crippen molar-refractivity contribution in [3.8, 4) is 0 Å². The highest BCUT2D eigenvalue weighted by molar-refractivity contribution is 5.89. The minimum atomic E-state index is -0.219. The van der Waals surface area contributed by atoms with Gasteiger partial charge in [-0.25, -0.2) is 0 Å². The molecule has 0 N–H and O–H groups in total. The Balaban J connectivity index is 2.22. The van der Waals surface area contributed by atoms with Gasteiger partial charge in [-0.15, -0.1) is 0 Å². The van der Waals surface area contributed by atoms with Crippen LogP contribution in [0, 0.1) is 16.7 Å². The van der Waals surface area contributed by atoms with E-state index in [0.717, 1.165) is 18.6 Å². The maximum absolute atomic E-state index is 12.5. The molecule has 0 saturated heterocycles. The van der Waals surface area contributed by atoms with Gasteiger partial charge in [0.1, 0.15) is 11.5 Å². The zero-order valence-corrected chi connectivity index (χ0v) is 11.0. The van der Waals surface area contributed by atoms with Crippen molar-refractivity contribution in [2.75, 3.05) is 0 Å². The number of carbonyl (C=O) groups is 1. The first kappa shape index (κ1) is 11.1. The predicted octanol–water partition coefficient (Wildman–Crippen LogP) is 3.56. The molecule has 1 aromatic rings. The van der Waals surface area contributed by atoms with E-state index in [1.54, 1.807) is 6.26 Å². The van der Waals surface area contributed by atoms with Gasteiger partial charge in [-0.1, -0.05) is 27.7 Å². The third kappa shape index (κ3) is 1.05. The zero-order chi connectivity index (χ0) is 12.4. The van der Waals surface area contributed by atoms with Crippen molar-refractivity contribution in [2.45, 2.75) is 46.5 Å². The summed E-state index contributed by atoms with van der Waals surface area (Å²) in [6, 6.07) is 2.04. The molecule has 17 heavy (non-hydrogen) atoms. The SMILES string of the molecule is C[C@@H]1CC(=O)[C@@]2(C)[C@H](C)c3ccoc3C[C@@]12C. The number of rotatable bonds is 0. The highest BCUT2D eigenvalue weighted by Crippen LogP contribution is 2.64. The third-order valence-corrected chi connectivity index (χ3v) is 5.99. The van der Waals surface area contributed by atoms with Gasteiger partial charge in [0, 0.05) is 18.3 Å². The van der Waals surface area contributed by atoms with Gasteiger partial charge in [0.15, 0.2) is 0 Å². The van der Waals surface area contributed by atoms with Crippen LogP contribution in [0.1, 0.15) is 51.4 Å². The Labute approximate surface area is 102 Å². The minimum Gasteiger partial charge on any atom is -0.469 e. The number of fused-ring (bicyclic) bond motifs is 2. The Kier molecular flexibility index (Phi) is 1.98. The highest BCUT2D eigenvalue weighted by Gasteiger charge is 2.63. The summed E-state index contributed by atoms with van der Waals surface area (Å²) in [7, 11) is 0. The Morgan fingerprint density at radius 2 is 2.06 bits per heavy atom. The topological polar surface area (TPSA) is 30.2 Å². The highest BCUT2D eigenvalue weighted by atomic mass is 16.3. The molecule has 4 atom stereocenters. The van der Waals surface area contributed by atoms with Crippen LogP contribution in [0.15, 0.2) is 16.7 Å². The average molecular weight is 232 g/mol. The molecule has 2 heteroatoms. The van der Waals surface area contributed by atoms with Gasteiger partial charge in [-0.05, 0) is 28.9 Å². The second kappa shape index (κ2) is 3.04. The van der Waals surface area contributed by atoms with Crippen LogP contribution < -0.4 is 0 Å². The van der Waals surface area contributed by atoms with Crippen molar-refractivity contribution < 1.29 is 9.21 Å². The lowest BCUT2D eigenvalue weighted by Crippen LogP contribution is -2.47. The average Bonchev–Trinajstić information content (AvgIpc) is 2.78. The molecule has 2 aliphatic carbocycles. The van der Waals surface area contributed by atoms with E-state index in [0.29, 0.717) is 11.7 Å². The normalized spacial score (nSPS) is 44.6. The number of furan rings is 1. The van der Waals surface area contributed by atoms with Crippen LogP contribution in [-0.2, 0) is 11.2 Å². The van der Waals surface area contributed by atoms with E-state index >= 15 is 0 Å². The second-order valence-corrected chi connectivity index (χ2v) is 6.35. The monoisotopic (exact) mass is 232 g/mol. The van der Waals surface area contributed by atoms with Crippen LogP contribution >= 0.6 is 0 Å². The molecule has 2 nitrogen and oxygen atoms in total. The molecular weight excluding hydrogens is 212 g/mol. The molecule has 0 radical (unpaired) electrons. The fourth-order valence-corrected chi connectivity index (χ4v) is 4.16. The van der Waals surface area contributed by atoms with Crippen LogP contribution in [0.2, 0.25) is 0 Å². The summed E-state index contributed by atoms with van der Waals surface area (Å²) < 4.78 is 5.62. The van der Waals surface area contributed by atoms with E-state index in [9.17, 15) is 4.79 Å². The van der Waals surface area contributed by atoms with Gasteiger partial charge < -0.3 is 4.42 Å². The molecule has 2 aliphatic rings. The number of ketones is 1. The first-order chi connectivity index (χ1) is 7.91.